The molecule has 1 fully saturated rings. The van der Waals surface area contributed by atoms with Crippen LogP contribution < -0.4 is 9.05 Å². The first kappa shape index (κ1) is 19.5. The molecule has 2 aliphatic rings. The topological polar surface area (TPSA) is 47.0 Å². The standard InChI is InChI=1S/C24H27NO2Se/c1-14-6-15(2)22(16(3)7-14)28-21-8-17-9-24(10-18(17)13-25-21)19(26)11-23(4,5)12-20(24)27/h6-8,13H,9-12H2,1-5H3. The molecular formula is C24H27NO2Se. The molecule has 2 aromatic rings. The van der Waals surface area contributed by atoms with E-state index in [0.717, 1.165) is 15.7 Å². The van der Waals surface area contributed by atoms with E-state index < -0.39 is 5.41 Å². The number of aromatic nitrogens is 1. The van der Waals surface area contributed by atoms with Crippen LogP contribution in [0.25, 0.3) is 0 Å². The van der Waals surface area contributed by atoms with Gasteiger partial charge in [0.2, 0.25) is 0 Å². The van der Waals surface area contributed by atoms with Gasteiger partial charge in [0.05, 0.1) is 0 Å². The maximum atomic E-state index is 13.0. The van der Waals surface area contributed by atoms with E-state index in [0.29, 0.717) is 25.7 Å². The Hall–Kier alpha value is -1.77. The van der Waals surface area contributed by atoms with Gasteiger partial charge in [0.15, 0.2) is 0 Å². The normalized spacial score (nSPS) is 19.9. The van der Waals surface area contributed by atoms with Crippen molar-refractivity contribution in [3.05, 3.63) is 52.2 Å². The van der Waals surface area contributed by atoms with Crippen molar-refractivity contribution < 1.29 is 9.59 Å². The fourth-order valence-electron chi connectivity index (χ4n) is 4.85. The van der Waals surface area contributed by atoms with Crippen LogP contribution in [0.3, 0.4) is 0 Å². The minimum atomic E-state index is -0.819. The molecule has 0 N–H and O–H groups in total. The number of hydrogen-bond acceptors (Lipinski definition) is 3. The van der Waals surface area contributed by atoms with Crippen molar-refractivity contribution in [1.82, 2.24) is 4.98 Å². The fraction of sp³-hybridized carbons (Fsp3) is 0.458. The summed E-state index contributed by atoms with van der Waals surface area (Å²) in [5, 5.41) is 0. The molecular weight excluding hydrogens is 413 g/mol. The van der Waals surface area contributed by atoms with Gasteiger partial charge in [0.25, 0.3) is 0 Å². The molecule has 1 heterocycles. The zero-order valence-corrected chi connectivity index (χ0v) is 19.0. The van der Waals surface area contributed by atoms with Crippen LogP contribution in [0.2, 0.25) is 0 Å². The van der Waals surface area contributed by atoms with Crippen LogP contribution in [0.1, 0.15) is 54.5 Å². The van der Waals surface area contributed by atoms with Gasteiger partial charge in [-0.1, -0.05) is 0 Å². The van der Waals surface area contributed by atoms with E-state index in [9.17, 15) is 9.59 Å². The molecule has 1 aromatic carbocycles. The van der Waals surface area contributed by atoms with E-state index >= 15 is 0 Å². The van der Waals surface area contributed by atoms with E-state index in [4.69, 9.17) is 4.98 Å². The van der Waals surface area contributed by atoms with Crippen molar-refractivity contribution in [2.24, 2.45) is 10.8 Å². The first-order chi connectivity index (χ1) is 13.1. The van der Waals surface area contributed by atoms with Crippen LogP contribution in [-0.2, 0) is 22.4 Å². The van der Waals surface area contributed by atoms with Crippen molar-refractivity contribution in [2.45, 2.75) is 60.3 Å². The molecule has 4 heteroatoms. The number of fused-ring (bicyclic) bond motifs is 1. The van der Waals surface area contributed by atoms with Gasteiger partial charge in [-0.05, 0) is 0 Å². The molecule has 0 atom stereocenters. The SMILES string of the molecule is Cc1cc(C)c([Se]c2cc3c(cn2)CC2(C3)C(=O)CC(C)(C)CC2=O)c(C)c1. The number of hydrogen-bond donors (Lipinski definition) is 0. The molecule has 0 aliphatic heterocycles. The van der Waals surface area contributed by atoms with Crippen molar-refractivity contribution >= 4 is 35.6 Å². The Kier molecular flexibility index (Phi) is 4.63. The van der Waals surface area contributed by atoms with E-state index in [1.165, 1.54) is 21.2 Å². The molecule has 0 saturated heterocycles. The Balaban J connectivity index is 1.62. The van der Waals surface area contributed by atoms with Crippen LogP contribution in [0.5, 0.6) is 0 Å². The molecule has 0 unspecified atom stereocenters. The molecule has 3 nitrogen and oxygen atoms in total. The molecule has 4 rings (SSSR count). The number of carbonyl (C=O) groups is 2. The van der Waals surface area contributed by atoms with Crippen molar-refractivity contribution in [3.63, 3.8) is 0 Å². The van der Waals surface area contributed by atoms with Crippen LogP contribution >= 0.6 is 0 Å². The monoisotopic (exact) mass is 441 g/mol. The molecule has 1 aromatic heterocycles. The number of benzene rings is 1. The molecule has 1 spiro atoms. The van der Waals surface area contributed by atoms with Crippen LogP contribution in [-0.4, -0.2) is 31.5 Å². The van der Waals surface area contributed by atoms with Gasteiger partial charge in [-0.15, -0.1) is 0 Å². The third-order valence-corrected chi connectivity index (χ3v) is 8.89. The summed E-state index contributed by atoms with van der Waals surface area (Å²) in [5.74, 6) is 0.254. The molecule has 0 radical (unpaired) electrons. The molecule has 146 valence electrons. The molecule has 0 amide bonds. The Bertz CT molecular complexity index is 963. The van der Waals surface area contributed by atoms with Crippen LogP contribution in [0, 0.1) is 31.6 Å². The Morgan fingerprint density at radius 1 is 0.857 bits per heavy atom. The van der Waals surface area contributed by atoms with Gasteiger partial charge in [-0.3, -0.25) is 0 Å². The second kappa shape index (κ2) is 6.64. The van der Waals surface area contributed by atoms with Gasteiger partial charge in [0, 0.05) is 0 Å². The average Bonchev–Trinajstić information content (AvgIpc) is 2.96. The maximum absolute atomic E-state index is 13.0. The average molecular weight is 440 g/mol. The second-order valence-electron chi connectivity index (χ2n) is 9.42. The van der Waals surface area contributed by atoms with Crippen LogP contribution in [0.15, 0.2) is 24.4 Å². The summed E-state index contributed by atoms with van der Waals surface area (Å²) in [4.78, 5) is 30.7. The molecule has 2 aliphatic carbocycles. The van der Waals surface area contributed by atoms with Gasteiger partial charge >= 0.3 is 173 Å². The number of carbonyl (C=O) groups excluding carboxylic acids is 2. The predicted octanol–water partition coefficient (Wildman–Crippen LogP) is 2.71. The van der Waals surface area contributed by atoms with E-state index in [1.807, 2.05) is 20.0 Å². The van der Waals surface area contributed by atoms with E-state index in [1.54, 1.807) is 0 Å². The van der Waals surface area contributed by atoms with Crippen molar-refractivity contribution in [1.29, 1.82) is 0 Å². The van der Waals surface area contributed by atoms with Gasteiger partial charge in [-0.25, -0.2) is 0 Å². The van der Waals surface area contributed by atoms with Crippen molar-refractivity contribution in [3.8, 4) is 0 Å². The van der Waals surface area contributed by atoms with E-state index in [-0.39, 0.29) is 31.9 Å². The fourth-order valence-corrected chi connectivity index (χ4v) is 6.85. The second-order valence-corrected chi connectivity index (χ2v) is 11.6. The summed E-state index contributed by atoms with van der Waals surface area (Å²) in [5.41, 5.74) is 5.12. The Labute approximate surface area is 173 Å². The summed E-state index contributed by atoms with van der Waals surface area (Å²) >= 11 is 0.120. The predicted molar refractivity (Wildman–Crippen MR) is 113 cm³/mol. The molecule has 1 saturated carbocycles. The van der Waals surface area contributed by atoms with Gasteiger partial charge < -0.3 is 0 Å². The summed E-state index contributed by atoms with van der Waals surface area (Å²) in [7, 11) is 0. The summed E-state index contributed by atoms with van der Waals surface area (Å²) in [6, 6.07) is 6.62. The summed E-state index contributed by atoms with van der Waals surface area (Å²) in [6.45, 7) is 10.5. The third-order valence-electron chi connectivity index (χ3n) is 6.20. The summed E-state index contributed by atoms with van der Waals surface area (Å²) in [6.07, 6.45) is 4.02. The van der Waals surface area contributed by atoms with E-state index in [2.05, 4.69) is 39.0 Å². The summed E-state index contributed by atoms with van der Waals surface area (Å²) < 4.78 is 2.46. The number of Topliss-reactive ketones (excluding diaryl/α,β-unsaturated/α-hetero) is 2. The molecule has 28 heavy (non-hydrogen) atoms. The zero-order chi connectivity index (χ0) is 20.3. The number of ketones is 2. The first-order valence-electron chi connectivity index (χ1n) is 9.90. The number of nitrogens with zero attached hydrogens (tertiary/aromatic N) is 1. The zero-order valence-electron chi connectivity index (χ0n) is 17.3. The molecule has 0 bridgehead atoms. The Morgan fingerprint density at radius 3 is 2.04 bits per heavy atom. The van der Waals surface area contributed by atoms with Gasteiger partial charge in [0.1, 0.15) is 0 Å². The van der Waals surface area contributed by atoms with Crippen molar-refractivity contribution in [2.75, 3.05) is 0 Å². The minimum absolute atomic E-state index is 0.120. The van der Waals surface area contributed by atoms with Gasteiger partial charge in [-0.2, -0.15) is 0 Å². The quantitative estimate of drug-likeness (QED) is 0.533. The first-order valence-corrected chi connectivity index (χ1v) is 11.6. The third kappa shape index (κ3) is 3.27. The number of pyridine rings is 1. The van der Waals surface area contributed by atoms with Crippen LogP contribution in [0.4, 0.5) is 0 Å². The number of rotatable bonds is 2. The Morgan fingerprint density at radius 2 is 1.43 bits per heavy atom. The number of aryl methyl sites for hydroxylation is 3.